The molecule has 1 atom stereocenters. The minimum Gasteiger partial charge on any atom is -0.389 e. The maximum Gasteiger partial charge on any atom is 0.0767 e. The average Bonchev–Trinajstić information content (AvgIpc) is 2.26. The van der Waals surface area contributed by atoms with Gasteiger partial charge in [0.2, 0.25) is 0 Å². The second-order valence-electron chi connectivity index (χ2n) is 4.54. The summed E-state index contributed by atoms with van der Waals surface area (Å²) in [6.45, 7) is 6.79. The van der Waals surface area contributed by atoms with E-state index < -0.39 is 5.60 Å². The van der Waals surface area contributed by atoms with Crippen LogP contribution in [-0.4, -0.2) is 42.3 Å². The Morgan fingerprint density at radius 2 is 1.80 bits per heavy atom. The van der Waals surface area contributed by atoms with E-state index in [0.717, 1.165) is 32.4 Å². The average molecular weight is 216 g/mol. The van der Waals surface area contributed by atoms with Crippen molar-refractivity contribution in [2.45, 2.75) is 51.6 Å². The molecule has 0 aromatic rings. The smallest absolute Gasteiger partial charge is 0.0767 e. The van der Waals surface area contributed by atoms with E-state index in [2.05, 4.69) is 18.9 Å². The lowest BCUT2D eigenvalue weighted by molar-refractivity contribution is 0.0322. The molecule has 0 aliphatic carbocycles. The van der Waals surface area contributed by atoms with Crippen LogP contribution in [0.5, 0.6) is 0 Å². The molecule has 92 valence electrons. The molecule has 0 saturated carbocycles. The first kappa shape index (κ1) is 14.9. The van der Waals surface area contributed by atoms with Gasteiger partial charge in [-0.15, -0.1) is 0 Å². The second kappa shape index (κ2) is 8.08. The van der Waals surface area contributed by atoms with Crippen LogP contribution in [0.4, 0.5) is 0 Å². The van der Waals surface area contributed by atoms with Crippen molar-refractivity contribution in [3.05, 3.63) is 0 Å². The molecule has 0 aromatic heterocycles. The van der Waals surface area contributed by atoms with E-state index in [1.807, 2.05) is 6.92 Å². The van der Waals surface area contributed by atoms with Gasteiger partial charge < -0.3 is 15.7 Å². The van der Waals surface area contributed by atoms with Crippen molar-refractivity contribution in [1.82, 2.24) is 4.90 Å². The summed E-state index contributed by atoms with van der Waals surface area (Å²) in [6, 6.07) is 0. The van der Waals surface area contributed by atoms with E-state index >= 15 is 0 Å². The van der Waals surface area contributed by atoms with Gasteiger partial charge in [-0.3, -0.25) is 0 Å². The monoisotopic (exact) mass is 216 g/mol. The van der Waals surface area contributed by atoms with Crippen LogP contribution < -0.4 is 5.73 Å². The maximum absolute atomic E-state index is 9.97. The van der Waals surface area contributed by atoms with Gasteiger partial charge in [-0.05, 0) is 45.8 Å². The highest BCUT2D eigenvalue weighted by Crippen LogP contribution is 2.15. The number of nitrogens with zero attached hydrogens (tertiary/aromatic N) is 1. The van der Waals surface area contributed by atoms with Crippen LogP contribution in [0.25, 0.3) is 0 Å². The molecule has 3 heteroatoms. The summed E-state index contributed by atoms with van der Waals surface area (Å²) < 4.78 is 0. The molecule has 0 radical (unpaired) electrons. The van der Waals surface area contributed by atoms with Crippen LogP contribution >= 0.6 is 0 Å². The van der Waals surface area contributed by atoms with Gasteiger partial charge in [0.05, 0.1) is 5.60 Å². The van der Waals surface area contributed by atoms with Gasteiger partial charge in [-0.25, -0.2) is 0 Å². The van der Waals surface area contributed by atoms with Crippen molar-refractivity contribution in [1.29, 1.82) is 0 Å². The molecule has 0 rings (SSSR count). The lowest BCUT2D eigenvalue weighted by Gasteiger charge is -2.26. The number of hydrogen-bond acceptors (Lipinski definition) is 3. The quantitative estimate of drug-likeness (QED) is 0.615. The van der Waals surface area contributed by atoms with Crippen molar-refractivity contribution >= 4 is 0 Å². The number of rotatable bonds is 9. The normalized spacial score (nSPS) is 15.6. The highest BCUT2D eigenvalue weighted by molar-refractivity contribution is 4.77. The zero-order valence-electron chi connectivity index (χ0n) is 10.6. The number of hydrogen-bond donors (Lipinski definition) is 2. The Labute approximate surface area is 94.6 Å². The van der Waals surface area contributed by atoms with Crippen LogP contribution in [0, 0.1) is 0 Å². The Bertz CT molecular complexity index is 147. The second-order valence-corrected chi connectivity index (χ2v) is 4.54. The molecular weight excluding hydrogens is 188 g/mol. The Morgan fingerprint density at radius 1 is 1.20 bits per heavy atom. The van der Waals surface area contributed by atoms with Crippen molar-refractivity contribution in [3.8, 4) is 0 Å². The first-order valence-electron chi connectivity index (χ1n) is 6.19. The number of nitrogens with two attached hydrogens (primary N) is 1. The molecule has 3 nitrogen and oxygen atoms in total. The first-order chi connectivity index (χ1) is 7.08. The lowest BCUT2D eigenvalue weighted by Crippen LogP contribution is -2.37. The SMILES string of the molecule is CCCCN(C)CCCC(O)(CC)CN. The molecule has 1 unspecified atom stereocenters. The minimum absolute atomic E-state index is 0.377. The van der Waals surface area contributed by atoms with Gasteiger partial charge in [0.25, 0.3) is 0 Å². The Balaban J connectivity index is 3.59. The lowest BCUT2D eigenvalue weighted by atomic mass is 9.95. The highest BCUT2D eigenvalue weighted by atomic mass is 16.3. The summed E-state index contributed by atoms with van der Waals surface area (Å²) in [4.78, 5) is 2.33. The molecule has 0 bridgehead atoms. The molecule has 0 aromatic carbocycles. The predicted molar refractivity (Wildman–Crippen MR) is 65.9 cm³/mol. The van der Waals surface area contributed by atoms with Gasteiger partial charge in [-0.1, -0.05) is 20.3 Å². The first-order valence-corrected chi connectivity index (χ1v) is 6.19. The van der Waals surface area contributed by atoms with Crippen LogP contribution in [0.1, 0.15) is 46.0 Å². The van der Waals surface area contributed by atoms with Crippen molar-refractivity contribution in [3.63, 3.8) is 0 Å². The molecule has 0 amide bonds. The molecule has 15 heavy (non-hydrogen) atoms. The standard InChI is InChI=1S/C12H28N2O/c1-4-6-9-14(3)10-7-8-12(15,5-2)11-13/h15H,4-11,13H2,1-3H3. The predicted octanol–water partition coefficient (Wildman–Crippen LogP) is 1.60. The Morgan fingerprint density at radius 3 is 2.27 bits per heavy atom. The van der Waals surface area contributed by atoms with E-state index in [0.29, 0.717) is 6.54 Å². The van der Waals surface area contributed by atoms with Crippen LogP contribution in [0.15, 0.2) is 0 Å². The Hall–Kier alpha value is -0.120. The number of aliphatic hydroxyl groups is 1. The summed E-state index contributed by atoms with van der Waals surface area (Å²) in [7, 11) is 2.14. The van der Waals surface area contributed by atoms with Crippen LogP contribution in [-0.2, 0) is 0 Å². The minimum atomic E-state index is -0.633. The topological polar surface area (TPSA) is 49.5 Å². The molecule has 0 aliphatic heterocycles. The third-order valence-corrected chi connectivity index (χ3v) is 3.11. The van der Waals surface area contributed by atoms with Crippen LogP contribution in [0.2, 0.25) is 0 Å². The summed E-state index contributed by atoms with van der Waals surface area (Å²) in [6.07, 6.45) is 5.10. The van der Waals surface area contributed by atoms with Crippen molar-refractivity contribution in [2.75, 3.05) is 26.7 Å². The van der Waals surface area contributed by atoms with E-state index in [1.165, 1.54) is 12.8 Å². The van der Waals surface area contributed by atoms with Crippen LogP contribution in [0.3, 0.4) is 0 Å². The molecule has 0 fully saturated rings. The molecule has 3 N–H and O–H groups in total. The van der Waals surface area contributed by atoms with E-state index in [9.17, 15) is 5.11 Å². The van der Waals surface area contributed by atoms with Gasteiger partial charge in [0, 0.05) is 6.54 Å². The van der Waals surface area contributed by atoms with E-state index in [-0.39, 0.29) is 0 Å². The molecule has 0 heterocycles. The fourth-order valence-corrected chi connectivity index (χ4v) is 1.64. The summed E-state index contributed by atoms with van der Waals surface area (Å²) >= 11 is 0. The van der Waals surface area contributed by atoms with Crippen molar-refractivity contribution in [2.24, 2.45) is 5.73 Å². The maximum atomic E-state index is 9.97. The van der Waals surface area contributed by atoms with E-state index in [1.54, 1.807) is 0 Å². The molecular formula is C12H28N2O. The summed E-state index contributed by atoms with van der Waals surface area (Å²) in [5.74, 6) is 0. The number of unbranched alkanes of at least 4 members (excludes halogenated alkanes) is 1. The third kappa shape index (κ3) is 6.88. The Kier molecular flexibility index (Phi) is 8.02. The summed E-state index contributed by atoms with van der Waals surface area (Å²) in [5, 5.41) is 9.97. The molecule has 0 spiro atoms. The molecule has 0 saturated heterocycles. The van der Waals surface area contributed by atoms with Gasteiger partial charge in [0.1, 0.15) is 0 Å². The van der Waals surface area contributed by atoms with Gasteiger partial charge in [0.15, 0.2) is 0 Å². The fraction of sp³-hybridized carbons (Fsp3) is 1.00. The van der Waals surface area contributed by atoms with E-state index in [4.69, 9.17) is 5.73 Å². The zero-order valence-corrected chi connectivity index (χ0v) is 10.6. The van der Waals surface area contributed by atoms with Gasteiger partial charge in [-0.2, -0.15) is 0 Å². The third-order valence-electron chi connectivity index (χ3n) is 3.11. The van der Waals surface area contributed by atoms with Gasteiger partial charge >= 0.3 is 0 Å². The highest BCUT2D eigenvalue weighted by Gasteiger charge is 2.21. The molecule has 0 aliphatic rings. The largest absolute Gasteiger partial charge is 0.389 e. The fourth-order valence-electron chi connectivity index (χ4n) is 1.64. The zero-order chi connectivity index (χ0) is 11.7. The summed E-state index contributed by atoms with van der Waals surface area (Å²) in [5.41, 5.74) is 4.92. The van der Waals surface area contributed by atoms with Crippen molar-refractivity contribution < 1.29 is 5.11 Å².